The third-order valence-corrected chi connectivity index (χ3v) is 5.32. The lowest BCUT2D eigenvalue weighted by Gasteiger charge is -2.07. The fraction of sp³-hybridized carbons (Fsp3) is 0.0800. The molecule has 0 atom stereocenters. The lowest BCUT2D eigenvalue weighted by atomic mass is 10.1. The number of para-hydroxylation sites is 1. The summed E-state index contributed by atoms with van der Waals surface area (Å²) in [6.45, 7) is 0.325. The number of nitrogens with zero attached hydrogens (tertiary/aromatic N) is 4. The van der Waals surface area contributed by atoms with E-state index < -0.39 is 5.97 Å². The highest BCUT2D eigenvalue weighted by atomic mass is 16.4. The van der Waals surface area contributed by atoms with Crippen LogP contribution in [0.3, 0.4) is 0 Å². The first-order valence-electron chi connectivity index (χ1n) is 10.3. The van der Waals surface area contributed by atoms with E-state index in [-0.39, 0.29) is 12.3 Å². The lowest BCUT2D eigenvalue weighted by molar-refractivity contribution is -0.136. The molecule has 0 fully saturated rings. The Hall–Kier alpha value is -4.59. The Kier molecular flexibility index (Phi) is 5.24. The van der Waals surface area contributed by atoms with E-state index in [0.29, 0.717) is 29.3 Å². The highest BCUT2D eigenvalue weighted by Gasteiger charge is 2.14. The highest BCUT2D eigenvalue weighted by molar-refractivity contribution is 6.06. The number of aromatic nitrogens is 4. The number of carboxylic acid groups (broad SMARTS) is 1. The molecule has 1 amide bonds. The van der Waals surface area contributed by atoms with Gasteiger partial charge in [0.2, 0.25) is 0 Å². The van der Waals surface area contributed by atoms with Crippen molar-refractivity contribution < 1.29 is 14.7 Å². The van der Waals surface area contributed by atoms with E-state index in [4.69, 9.17) is 5.11 Å². The van der Waals surface area contributed by atoms with Crippen molar-refractivity contribution in [3.8, 4) is 0 Å². The number of rotatable bonds is 6. The third kappa shape index (κ3) is 4.27. The molecular weight excluding hydrogens is 418 g/mol. The zero-order valence-corrected chi connectivity index (χ0v) is 17.5. The summed E-state index contributed by atoms with van der Waals surface area (Å²) in [6.07, 6.45) is 2.92. The summed E-state index contributed by atoms with van der Waals surface area (Å²) in [5.74, 6) is -0.857. The van der Waals surface area contributed by atoms with E-state index in [2.05, 4.69) is 20.4 Å². The van der Waals surface area contributed by atoms with Crippen LogP contribution in [0, 0.1) is 0 Å². The molecule has 2 N–H and O–H groups in total. The largest absolute Gasteiger partial charge is 0.481 e. The van der Waals surface area contributed by atoms with Crippen LogP contribution in [0.15, 0.2) is 79.1 Å². The summed E-state index contributed by atoms with van der Waals surface area (Å²) < 4.78 is 1.71. The first kappa shape index (κ1) is 20.3. The normalized spacial score (nSPS) is 11.0. The van der Waals surface area contributed by atoms with Crippen molar-refractivity contribution in [1.82, 2.24) is 19.7 Å². The van der Waals surface area contributed by atoms with Crippen molar-refractivity contribution in [1.29, 1.82) is 0 Å². The average Bonchev–Trinajstić information content (AvgIpc) is 3.16. The van der Waals surface area contributed by atoms with Gasteiger partial charge in [-0.2, -0.15) is 5.10 Å². The molecule has 0 radical (unpaired) electrons. The molecule has 0 bridgehead atoms. The minimum atomic E-state index is -0.934. The number of benzene rings is 3. The molecule has 5 aromatic rings. The molecule has 0 spiro atoms. The third-order valence-electron chi connectivity index (χ3n) is 5.32. The molecule has 2 aromatic heterocycles. The molecule has 2 heterocycles. The fourth-order valence-electron chi connectivity index (χ4n) is 3.76. The van der Waals surface area contributed by atoms with Crippen LogP contribution in [0.5, 0.6) is 0 Å². The molecule has 5 rings (SSSR count). The van der Waals surface area contributed by atoms with Gasteiger partial charge < -0.3 is 10.4 Å². The zero-order chi connectivity index (χ0) is 22.8. The number of aliphatic carboxylic acids is 1. The average molecular weight is 437 g/mol. The summed E-state index contributed by atoms with van der Waals surface area (Å²) in [6, 6.07) is 20.8. The van der Waals surface area contributed by atoms with E-state index >= 15 is 0 Å². The van der Waals surface area contributed by atoms with E-state index in [1.165, 1.54) is 6.20 Å². The van der Waals surface area contributed by atoms with Crippen LogP contribution >= 0.6 is 0 Å². The Labute approximate surface area is 188 Å². The van der Waals surface area contributed by atoms with Crippen molar-refractivity contribution in [2.45, 2.75) is 13.0 Å². The van der Waals surface area contributed by atoms with Crippen LogP contribution in [0.1, 0.15) is 21.7 Å². The number of hydrogen-bond donors (Lipinski definition) is 2. The van der Waals surface area contributed by atoms with E-state index in [1.54, 1.807) is 16.9 Å². The van der Waals surface area contributed by atoms with Crippen molar-refractivity contribution >= 4 is 39.4 Å². The van der Waals surface area contributed by atoms with Crippen LogP contribution in [0.2, 0.25) is 0 Å². The number of amides is 1. The van der Waals surface area contributed by atoms with Crippen molar-refractivity contribution in [2.24, 2.45) is 0 Å². The van der Waals surface area contributed by atoms with Crippen molar-refractivity contribution in [3.05, 3.63) is 96.1 Å². The Bertz CT molecular complexity index is 1490. The maximum atomic E-state index is 12.6. The molecule has 0 aliphatic heterocycles. The topological polar surface area (TPSA) is 110 Å². The van der Waals surface area contributed by atoms with Gasteiger partial charge in [0, 0.05) is 10.9 Å². The van der Waals surface area contributed by atoms with Gasteiger partial charge in [-0.05, 0) is 29.0 Å². The number of carbonyl (C=O) groups is 2. The van der Waals surface area contributed by atoms with E-state index in [1.807, 2.05) is 60.7 Å². The van der Waals surface area contributed by atoms with Crippen LogP contribution < -0.4 is 5.32 Å². The smallest absolute Gasteiger partial charge is 0.309 e. The van der Waals surface area contributed by atoms with Crippen molar-refractivity contribution in [3.63, 3.8) is 0 Å². The summed E-state index contributed by atoms with van der Waals surface area (Å²) >= 11 is 0. The van der Waals surface area contributed by atoms with Crippen LogP contribution in [0.25, 0.3) is 21.7 Å². The first-order chi connectivity index (χ1) is 16.1. The second-order valence-electron chi connectivity index (χ2n) is 7.60. The number of fused-ring (bicyclic) bond motifs is 2. The van der Waals surface area contributed by atoms with Gasteiger partial charge in [0.25, 0.3) is 5.91 Å². The predicted molar refractivity (Wildman–Crippen MR) is 124 cm³/mol. The molecule has 162 valence electrons. The van der Waals surface area contributed by atoms with Gasteiger partial charge in [-0.1, -0.05) is 48.5 Å². The second-order valence-corrected chi connectivity index (χ2v) is 7.60. The van der Waals surface area contributed by atoms with Gasteiger partial charge in [0.05, 0.1) is 42.3 Å². The predicted octanol–water partition coefficient (Wildman–Crippen LogP) is 3.91. The Morgan fingerprint density at radius 2 is 1.70 bits per heavy atom. The minimum absolute atomic E-state index is 0.154. The molecule has 0 saturated heterocycles. The number of anilines is 1. The molecule has 0 saturated carbocycles. The number of hydrogen-bond acceptors (Lipinski definition) is 5. The molecule has 33 heavy (non-hydrogen) atoms. The Morgan fingerprint density at radius 3 is 2.48 bits per heavy atom. The summed E-state index contributed by atoms with van der Waals surface area (Å²) in [5, 5.41) is 19.2. The number of nitrogens with one attached hydrogen (secondary N) is 1. The van der Waals surface area contributed by atoms with E-state index in [9.17, 15) is 9.59 Å². The zero-order valence-electron chi connectivity index (χ0n) is 17.5. The number of carbonyl (C=O) groups excluding carboxylic acids is 1. The summed E-state index contributed by atoms with van der Waals surface area (Å²) in [7, 11) is 0. The lowest BCUT2D eigenvalue weighted by Crippen LogP contribution is -2.13. The second kappa shape index (κ2) is 8.51. The molecule has 0 aliphatic carbocycles. The standard InChI is InChI=1S/C25H19N5O3/c31-24(32)12-21-20-7-3-4-8-22(20)30(29-21)15-19-13-27-23(14-26-19)28-25(33)18-10-9-16-5-1-2-6-17(16)11-18/h1-11,13-14H,12,15H2,(H,31,32)(H,27,28,33). The highest BCUT2D eigenvalue weighted by Crippen LogP contribution is 2.20. The molecular formula is C25H19N5O3. The molecule has 0 aliphatic rings. The number of carboxylic acids is 1. The maximum absolute atomic E-state index is 12.6. The van der Waals surface area contributed by atoms with Gasteiger partial charge in [-0.25, -0.2) is 4.98 Å². The van der Waals surface area contributed by atoms with Gasteiger partial charge in [0.15, 0.2) is 5.82 Å². The summed E-state index contributed by atoms with van der Waals surface area (Å²) in [4.78, 5) is 32.5. The van der Waals surface area contributed by atoms with Crippen LogP contribution in [0.4, 0.5) is 5.82 Å². The van der Waals surface area contributed by atoms with Crippen LogP contribution in [-0.4, -0.2) is 36.7 Å². The van der Waals surface area contributed by atoms with Gasteiger partial charge in [-0.15, -0.1) is 0 Å². The van der Waals surface area contributed by atoms with Crippen LogP contribution in [-0.2, 0) is 17.8 Å². The van der Waals surface area contributed by atoms with E-state index in [0.717, 1.165) is 21.7 Å². The molecule has 3 aromatic carbocycles. The molecule has 0 unspecified atom stereocenters. The Morgan fingerprint density at radius 1 is 0.909 bits per heavy atom. The quantitative estimate of drug-likeness (QED) is 0.417. The van der Waals surface area contributed by atoms with Crippen molar-refractivity contribution in [2.75, 3.05) is 5.32 Å². The SMILES string of the molecule is O=C(O)Cc1nn(Cc2cnc(NC(=O)c3ccc4ccccc4c3)cn2)c2ccccc12. The van der Waals surface area contributed by atoms with Gasteiger partial charge in [0.1, 0.15) is 0 Å². The van der Waals surface area contributed by atoms with Gasteiger partial charge in [-0.3, -0.25) is 19.3 Å². The fourth-order valence-corrected chi connectivity index (χ4v) is 3.76. The summed E-state index contributed by atoms with van der Waals surface area (Å²) in [5.41, 5.74) is 2.50. The van der Waals surface area contributed by atoms with Gasteiger partial charge >= 0.3 is 5.97 Å². The monoisotopic (exact) mass is 437 g/mol. The Balaban J connectivity index is 1.32. The maximum Gasteiger partial charge on any atom is 0.309 e. The minimum Gasteiger partial charge on any atom is -0.481 e. The molecule has 8 heteroatoms. The first-order valence-corrected chi connectivity index (χ1v) is 10.3. The molecule has 8 nitrogen and oxygen atoms in total.